The van der Waals surface area contributed by atoms with Crippen LogP contribution < -0.4 is 14.8 Å². The van der Waals surface area contributed by atoms with Gasteiger partial charge in [-0.3, -0.25) is 14.5 Å². The molecule has 0 bridgehead atoms. The SMILES string of the molecule is COc1ccc([C@@H](C)NC(=O)/C(C#N)=C/c2c[nH]c3ncc(-c4cccc(CN5CCN(C(C)=O)CC5)c4)cc23)cc1OC. The summed E-state index contributed by atoms with van der Waals surface area (Å²) in [7, 11) is 3.12. The Balaban J connectivity index is 1.33. The van der Waals surface area contributed by atoms with Crippen LogP contribution in [0.4, 0.5) is 0 Å². The second-order valence-electron chi connectivity index (χ2n) is 10.8. The second-order valence-corrected chi connectivity index (χ2v) is 10.8. The molecular weight excluding hydrogens is 556 g/mol. The zero-order valence-electron chi connectivity index (χ0n) is 25.4. The Morgan fingerprint density at radius 3 is 2.55 bits per heavy atom. The van der Waals surface area contributed by atoms with Crippen molar-refractivity contribution in [1.29, 1.82) is 5.26 Å². The molecule has 10 heteroatoms. The molecule has 2 N–H and O–H groups in total. The van der Waals surface area contributed by atoms with E-state index in [4.69, 9.17) is 9.47 Å². The van der Waals surface area contributed by atoms with Gasteiger partial charge >= 0.3 is 0 Å². The first-order valence-corrected chi connectivity index (χ1v) is 14.5. The van der Waals surface area contributed by atoms with Crippen molar-refractivity contribution in [2.75, 3.05) is 40.4 Å². The number of rotatable bonds is 9. The number of H-pyrrole nitrogens is 1. The highest BCUT2D eigenvalue weighted by molar-refractivity contribution is 6.04. The van der Waals surface area contributed by atoms with Gasteiger partial charge in [-0.15, -0.1) is 0 Å². The topological polar surface area (TPSA) is 124 Å². The van der Waals surface area contributed by atoms with Crippen LogP contribution in [0.5, 0.6) is 11.5 Å². The first kappa shape index (κ1) is 30.3. The fourth-order valence-corrected chi connectivity index (χ4v) is 5.41. The van der Waals surface area contributed by atoms with Gasteiger partial charge in [0.25, 0.3) is 5.91 Å². The molecule has 44 heavy (non-hydrogen) atoms. The first-order chi connectivity index (χ1) is 21.3. The fourth-order valence-electron chi connectivity index (χ4n) is 5.41. The number of hydrogen-bond donors (Lipinski definition) is 2. The summed E-state index contributed by atoms with van der Waals surface area (Å²) in [6, 6.07) is 17.5. The molecule has 3 heterocycles. The lowest BCUT2D eigenvalue weighted by molar-refractivity contribution is -0.130. The number of benzene rings is 2. The van der Waals surface area contributed by atoms with Crippen molar-refractivity contribution >= 4 is 28.9 Å². The molecule has 10 nitrogen and oxygen atoms in total. The highest BCUT2D eigenvalue weighted by atomic mass is 16.5. The van der Waals surface area contributed by atoms with Crippen LogP contribution in [0.2, 0.25) is 0 Å². The number of aromatic nitrogens is 2. The van der Waals surface area contributed by atoms with E-state index in [0.717, 1.165) is 54.8 Å². The summed E-state index contributed by atoms with van der Waals surface area (Å²) in [5, 5.41) is 13.6. The van der Waals surface area contributed by atoms with Crippen molar-refractivity contribution in [2.45, 2.75) is 26.4 Å². The molecule has 0 unspecified atom stereocenters. The molecule has 2 amide bonds. The van der Waals surface area contributed by atoms with Crippen LogP contribution in [0.15, 0.2) is 66.5 Å². The zero-order valence-corrected chi connectivity index (χ0v) is 25.4. The van der Waals surface area contributed by atoms with Crippen molar-refractivity contribution in [3.8, 4) is 28.7 Å². The van der Waals surface area contributed by atoms with Gasteiger partial charge in [0.15, 0.2) is 11.5 Å². The Labute approximate surface area is 256 Å². The lowest BCUT2D eigenvalue weighted by atomic mass is 10.0. The number of nitriles is 1. The van der Waals surface area contributed by atoms with Crippen LogP contribution in [0.1, 0.15) is 36.6 Å². The molecule has 1 aliphatic rings. The molecular formula is C34H36N6O4. The predicted molar refractivity (Wildman–Crippen MR) is 169 cm³/mol. The minimum absolute atomic E-state index is 0.0181. The predicted octanol–water partition coefficient (Wildman–Crippen LogP) is 4.70. The quantitative estimate of drug-likeness (QED) is 0.213. The Morgan fingerprint density at radius 1 is 1.07 bits per heavy atom. The van der Waals surface area contributed by atoms with E-state index < -0.39 is 5.91 Å². The van der Waals surface area contributed by atoms with Crippen LogP contribution in [0.3, 0.4) is 0 Å². The van der Waals surface area contributed by atoms with Crippen LogP contribution in [0.25, 0.3) is 28.2 Å². The number of nitrogens with zero attached hydrogens (tertiary/aromatic N) is 4. The summed E-state index contributed by atoms with van der Waals surface area (Å²) in [5.41, 5.74) is 5.29. The van der Waals surface area contributed by atoms with Gasteiger partial charge in [0.2, 0.25) is 5.91 Å². The Morgan fingerprint density at radius 2 is 1.84 bits per heavy atom. The van der Waals surface area contributed by atoms with Crippen LogP contribution in [-0.4, -0.2) is 72.0 Å². The number of fused-ring (bicyclic) bond motifs is 1. The molecule has 1 aliphatic heterocycles. The highest BCUT2D eigenvalue weighted by Crippen LogP contribution is 2.30. The molecule has 4 aromatic rings. The number of carbonyl (C=O) groups excluding carboxylic acids is 2. The van der Waals surface area contributed by atoms with Crippen LogP contribution in [-0.2, 0) is 16.1 Å². The lowest BCUT2D eigenvalue weighted by Gasteiger charge is -2.34. The largest absolute Gasteiger partial charge is 0.493 e. The van der Waals surface area contributed by atoms with Crippen molar-refractivity contribution in [3.63, 3.8) is 0 Å². The summed E-state index contributed by atoms with van der Waals surface area (Å²) >= 11 is 0. The van der Waals surface area contributed by atoms with Crippen molar-refractivity contribution in [1.82, 2.24) is 25.1 Å². The molecule has 0 radical (unpaired) electrons. The summed E-state index contributed by atoms with van der Waals surface area (Å²) < 4.78 is 10.7. The number of amides is 2. The zero-order chi connectivity index (χ0) is 31.2. The molecule has 0 saturated carbocycles. The summed E-state index contributed by atoms with van der Waals surface area (Å²) in [5.74, 6) is 0.795. The van der Waals surface area contributed by atoms with Gasteiger partial charge in [-0.05, 0) is 54.0 Å². The molecule has 1 saturated heterocycles. The monoisotopic (exact) mass is 592 g/mol. The van der Waals surface area contributed by atoms with Crippen molar-refractivity contribution in [2.24, 2.45) is 0 Å². The van der Waals surface area contributed by atoms with Gasteiger partial charge in [-0.25, -0.2) is 4.98 Å². The molecule has 2 aromatic heterocycles. The molecule has 1 fully saturated rings. The molecule has 0 aliphatic carbocycles. The maximum absolute atomic E-state index is 13.1. The molecule has 0 spiro atoms. The number of hydrogen-bond acceptors (Lipinski definition) is 7. The van der Waals surface area contributed by atoms with Crippen molar-refractivity contribution in [3.05, 3.63) is 83.2 Å². The normalized spacial score (nSPS) is 14.6. The number of aromatic amines is 1. The molecule has 5 rings (SSSR count). The Bertz CT molecular complexity index is 1750. The Hall–Kier alpha value is -5.14. The fraction of sp³-hybridized carbons (Fsp3) is 0.294. The van der Waals surface area contributed by atoms with Gasteiger partial charge < -0.3 is 24.7 Å². The summed E-state index contributed by atoms with van der Waals surface area (Å²) in [6.07, 6.45) is 5.15. The number of carbonyl (C=O) groups is 2. The molecule has 226 valence electrons. The van der Waals surface area contributed by atoms with Crippen LogP contribution in [0, 0.1) is 11.3 Å². The third kappa shape index (κ3) is 6.74. The summed E-state index contributed by atoms with van der Waals surface area (Å²) in [4.78, 5) is 36.8. The highest BCUT2D eigenvalue weighted by Gasteiger charge is 2.19. The van der Waals surface area contributed by atoms with Gasteiger partial charge in [-0.2, -0.15) is 5.26 Å². The lowest BCUT2D eigenvalue weighted by Crippen LogP contribution is -2.47. The maximum Gasteiger partial charge on any atom is 0.262 e. The maximum atomic E-state index is 13.1. The number of piperazine rings is 1. The third-order valence-corrected chi connectivity index (χ3v) is 7.97. The van der Waals surface area contributed by atoms with Crippen molar-refractivity contribution < 1.29 is 19.1 Å². The van der Waals surface area contributed by atoms with E-state index in [1.165, 1.54) is 5.56 Å². The molecule has 1 atom stereocenters. The second kappa shape index (κ2) is 13.4. The van der Waals surface area contributed by atoms with E-state index in [1.54, 1.807) is 45.5 Å². The van der Waals surface area contributed by atoms with E-state index in [1.807, 2.05) is 48.4 Å². The number of methoxy groups -OCH3 is 2. The first-order valence-electron chi connectivity index (χ1n) is 14.5. The van der Waals surface area contributed by atoms with E-state index in [9.17, 15) is 14.9 Å². The van der Waals surface area contributed by atoms with Gasteiger partial charge in [-0.1, -0.05) is 24.3 Å². The van der Waals surface area contributed by atoms with E-state index >= 15 is 0 Å². The minimum atomic E-state index is -0.481. The average Bonchev–Trinajstić information content (AvgIpc) is 3.45. The number of nitrogens with one attached hydrogen (secondary N) is 2. The minimum Gasteiger partial charge on any atom is -0.493 e. The number of ether oxygens (including phenoxy) is 2. The van der Waals surface area contributed by atoms with E-state index in [2.05, 4.69) is 32.3 Å². The average molecular weight is 593 g/mol. The van der Waals surface area contributed by atoms with E-state index in [0.29, 0.717) is 22.7 Å². The number of pyridine rings is 1. The van der Waals surface area contributed by atoms with Gasteiger partial charge in [0, 0.05) is 68.6 Å². The van der Waals surface area contributed by atoms with Crippen LogP contribution >= 0.6 is 0 Å². The van der Waals surface area contributed by atoms with Gasteiger partial charge in [0.05, 0.1) is 20.3 Å². The summed E-state index contributed by atoms with van der Waals surface area (Å²) in [6.45, 7) is 7.45. The molecule has 2 aromatic carbocycles. The third-order valence-electron chi connectivity index (χ3n) is 7.97. The standard InChI is InChI=1S/C34H36N6O4/c1-22(25-8-9-31(43-3)32(17-25)44-4)38-34(42)27(18-35)15-29-20-37-33-30(29)16-28(19-36-33)26-7-5-6-24(14-26)21-39-10-12-40(13-11-39)23(2)41/h5-9,14-17,19-20,22H,10-13,21H2,1-4H3,(H,36,37)(H,38,42)/b27-15+/t22-/m1/s1. The van der Waals surface area contributed by atoms with E-state index in [-0.39, 0.29) is 17.5 Å². The Kier molecular flexibility index (Phi) is 9.26. The van der Waals surface area contributed by atoms with Gasteiger partial charge in [0.1, 0.15) is 17.3 Å². The smallest absolute Gasteiger partial charge is 0.262 e.